The minimum absolute atomic E-state index is 0.309. The van der Waals surface area contributed by atoms with Crippen molar-refractivity contribution < 1.29 is 4.79 Å². The Bertz CT molecular complexity index is 828. The molecule has 0 aliphatic heterocycles. The molecule has 0 bridgehead atoms. The summed E-state index contributed by atoms with van der Waals surface area (Å²) in [5.41, 5.74) is 6.40. The number of aromatic nitrogens is 1. The largest absolute Gasteiger partial charge is 0.355 e. The summed E-state index contributed by atoms with van der Waals surface area (Å²) in [5, 5.41) is 4.42. The van der Waals surface area contributed by atoms with Crippen molar-refractivity contribution in [3.05, 3.63) is 65.9 Å². The number of para-hydroxylation sites is 1. The highest BCUT2D eigenvalue weighted by Crippen LogP contribution is 2.26. The molecule has 110 valence electrons. The van der Waals surface area contributed by atoms with Crippen LogP contribution in [0.4, 0.5) is 11.4 Å². The average Bonchev–Trinajstić information content (AvgIpc) is 2.54. The monoisotopic (exact) mass is 292 g/mol. The first-order valence-corrected chi connectivity index (χ1v) is 6.92. The van der Waals surface area contributed by atoms with E-state index >= 15 is 0 Å². The Labute approximate surface area is 128 Å². The summed E-state index contributed by atoms with van der Waals surface area (Å²) in [6, 6.07) is 17.1. The maximum Gasteiger partial charge on any atom is 0.265 e. The molecule has 3 aromatic rings. The number of anilines is 2. The van der Waals surface area contributed by atoms with Crippen molar-refractivity contribution in [1.82, 2.24) is 10.4 Å². The van der Waals surface area contributed by atoms with E-state index < -0.39 is 0 Å². The van der Waals surface area contributed by atoms with Crippen LogP contribution in [0.5, 0.6) is 0 Å². The Morgan fingerprint density at radius 3 is 2.55 bits per heavy atom. The number of hydrazine groups is 1. The number of nitrogen functional groups attached to an aromatic ring is 1. The van der Waals surface area contributed by atoms with Crippen molar-refractivity contribution in [2.75, 3.05) is 5.32 Å². The molecular weight excluding hydrogens is 276 g/mol. The fourth-order valence-corrected chi connectivity index (χ4v) is 2.35. The van der Waals surface area contributed by atoms with Gasteiger partial charge in [0.1, 0.15) is 0 Å². The van der Waals surface area contributed by atoms with Gasteiger partial charge >= 0.3 is 0 Å². The van der Waals surface area contributed by atoms with Gasteiger partial charge in [-0.15, -0.1) is 0 Å². The third-order valence-corrected chi connectivity index (χ3v) is 3.40. The summed E-state index contributed by atoms with van der Waals surface area (Å²) < 4.78 is 0. The summed E-state index contributed by atoms with van der Waals surface area (Å²) in [6.07, 6.45) is 0. The third-order valence-electron chi connectivity index (χ3n) is 3.40. The minimum atomic E-state index is -0.309. The van der Waals surface area contributed by atoms with Crippen LogP contribution in [-0.4, -0.2) is 10.9 Å². The number of nitrogens with two attached hydrogens (primary N) is 1. The van der Waals surface area contributed by atoms with E-state index in [9.17, 15) is 4.79 Å². The highest BCUT2D eigenvalue weighted by molar-refractivity contribution is 5.95. The zero-order valence-electron chi connectivity index (χ0n) is 12.1. The van der Waals surface area contributed by atoms with E-state index in [1.54, 1.807) is 12.1 Å². The zero-order valence-corrected chi connectivity index (χ0v) is 12.1. The van der Waals surface area contributed by atoms with Gasteiger partial charge < -0.3 is 5.32 Å². The Balaban J connectivity index is 1.94. The van der Waals surface area contributed by atoms with Crippen molar-refractivity contribution in [2.45, 2.75) is 6.92 Å². The van der Waals surface area contributed by atoms with Gasteiger partial charge in [0.25, 0.3) is 5.91 Å². The number of rotatable bonds is 3. The molecule has 1 heterocycles. The Morgan fingerprint density at radius 2 is 1.82 bits per heavy atom. The molecule has 0 saturated heterocycles. The lowest BCUT2D eigenvalue weighted by atomic mass is 10.1. The lowest BCUT2D eigenvalue weighted by molar-refractivity contribution is 0.0953. The molecule has 0 aliphatic rings. The summed E-state index contributed by atoms with van der Waals surface area (Å²) >= 11 is 0. The Hall–Kier alpha value is -2.92. The zero-order chi connectivity index (χ0) is 15.5. The number of carbonyl (C=O) groups is 1. The second kappa shape index (κ2) is 5.83. The summed E-state index contributed by atoms with van der Waals surface area (Å²) in [6.45, 7) is 1.96. The van der Waals surface area contributed by atoms with Crippen LogP contribution in [0.15, 0.2) is 54.6 Å². The van der Waals surface area contributed by atoms with Gasteiger partial charge in [0, 0.05) is 28.0 Å². The number of pyridine rings is 1. The molecule has 22 heavy (non-hydrogen) atoms. The van der Waals surface area contributed by atoms with Gasteiger partial charge in [-0.25, -0.2) is 5.84 Å². The first-order valence-electron chi connectivity index (χ1n) is 6.92. The normalized spacial score (nSPS) is 10.5. The van der Waals surface area contributed by atoms with E-state index in [1.165, 1.54) is 0 Å². The van der Waals surface area contributed by atoms with Gasteiger partial charge in [0.15, 0.2) is 0 Å². The van der Waals surface area contributed by atoms with Crippen molar-refractivity contribution in [1.29, 1.82) is 0 Å². The van der Waals surface area contributed by atoms with Crippen LogP contribution in [-0.2, 0) is 0 Å². The van der Waals surface area contributed by atoms with Gasteiger partial charge in [-0.05, 0) is 43.3 Å². The molecule has 5 heteroatoms. The first-order chi connectivity index (χ1) is 10.7. The predicted molar refractivity (Wildman–Crippen MR) is 87.9 cm³/mol. The highest BCUT2D eigenvalue weighted by Gasteiger charge is 2.06. The number of hydrogen-bond donors (Lipinski definition) is 3. The fourth-order valence-electron chi connectivity index (χ4n) is 2.35. The fraction of sp³-hybridized carbons (Fsp3) is 0.0588. The van der Waals surface area contributed by atoms with E-state index in [2.05, 4.69) is 15.7 Å². The molecule has 4 N–H and O–H groups in total. The number of nitrogens with zero attached hydrogens (tertiary/aromatic N) is 1. The number of amides is 1. The maximum atomic E-state index is 11.4. The molecule has 1 aromatic heterocycles. The molecule has 0 radical (unpaired) electrons. The molecule has 2 aromatic carbocycles. The van der Waals surface area contributed by atoms with E-state index in [4.69, 9.17) is 5.84 Å². The second-order valence-corrected chi connectivity index (χ2v) is 5.00. The van der Waals surface area contributed by atoms with Gasteiger partial charge in [-0.1, -0.05) is 18.2 Å². The van der Waals surface area contributed by atoms with Crippen LogP contribution in [0.25, 0.3) is 10.9 Å². The SMILES string of the molecule is Cc1cc(Nc2ccc(C(=O)NN)cc2)c2ccccc2n1. The third kappa shape index (κ3) is 2.75. The topological polar surface area (TPSA) is 80.0 Å². The molecule has 0 spiro atoms. The van der Waals surface area contributed by atoms with Crippen LogP contribution >= 0.6 is 0 Å². The van der Waals surface area contributed by atoms with Crippen LogP contribution in [0, 0.1) is 6.92 Å². The highest BCUT2D eigenvalue weighted by atomic mass is 16.2. The molecule has 0 aliphatic carbocycles. The average molecular weight is 292 g/mol. The van der Waals surface area contributed by atoms with Crippen molar-refractivity contribution in [2.24, 2.45) is 5.84 Å². The molecule has 0 unspecified atom stereocenters. The predicted octanol–water partition coefficient (Wildman–Crippen LogP) is 2.89. The quantitative estimate of drug-likeness (QED) is 0.394. The lowest BCUT2D eigenvalue weighted by Crippen LogP contribution is -2.29. The number of carbonyl (C=O) groups excluding carboxylic acids is 1. The van der Waals surface area contributed by atoms with Crippen molar-refractivity contribution in [3.63, 3.8) is 0 Å². The van der Waals surface area contributed by atoms with Crippen molar-refractivity contribution >= 4 is 28.2 Å². The van der Waals surface area contributed by atoms with Gasteiger partial charge in [-0.2, -0.15) is 0 Å². The molecule has 1 amide bonds. The minimum Gasteiger partial charge on any atom is -0.355 e. The second-order valence-electron chi connectivity index (χ2n) is 5.00. The number of nitrogens with one attached hydrogen (secondary N) is 2. The number of hydrogen-bond acceptors (Lipinski definition) is 4. The number of fused-ring (bicyclic) bond motifs is 1. The molecule has 3 rings (SSSR count). The van der Waals surface area contributed by atoms with Crippen LogP contribution in [0.2, 0.25) is 0 Å². The molecule has 0 saturated carbocycles. The van der Waals surface area contributed by atoms with Gasteiger partial charge in [0.05, 0.1) is 5.52 Å². The lowest BCUT2D eigenvalue weighted by Gasteiger charge is -2.11. The Morgan fingerprint density at radius 1 is 1.09 bits per heavy atom. The van der Waals surface area contributed by atoms with Crippen molar-refractivity contribution in [3.8, 4) is 0 Å². The summed E-state index contributed by atoms with van der Waals surface area (Å²) in [4.78, 5) is 16.0. The van der Waals surface area contributed by atoms with E-state index in [0.717, 1.165) is 28.0 Å². The van der Waals surface area contributed by atoms with Crippen LogP contribution in [0.3, 0.4) is 0 Å². The molecule has 5 nitrogen and oxygen atoms in total. The molecule has 0 fully saturated rings. The smallest absolute Gasteiger partial charge is 0.265 e. The van der Waals surface area contributed by atoms with E-state index in [1.807, 2.05) is 49.4 Å². The maximum absolute atomic E-state index is 11.4. The van der Waals surface area contributed by atoms with E-state index in [0.29, 0.717) is 5.56 Å². The number of aryl methyl sites for hydroxylation is 1. The summed E-state index contributed by atoms with van der Waals surface area (Å²) in [5.74, 6) is 4.81. The standard InChI is InChI=1S/C17H16N4O/c1-11-10-16(14-4-2-3-5-15(14)19-11)20-13-8-6-12(7-9-13)17(22)21-18/h2-10H,18H2,1H3,(H,19,20)(H,21,22). The molecular formula is C17H16N4O. The molecule has 0 atom stereocenters. The van der Waals surface area contributed by atoms with Crippen LogP contribution in [0.1, 0.15) is 16.1 Å². The number of benzene rings is 2. The Kier molecular flexibility index (Phi) is 3.72. The summed E-state index contributed by atoms with van der Waals surface area (Å²) in [7, 11) is 0. The van der Waals surface area contributed by atoms with E-state index in [-0.39, 0.29) is 5.91 Å². The first kappa shape index (κ1) is 14.0. The van der Waals surface area contributed by atoms with Gasteiger partial charge in [-0.3, -0.25) is 15.2 Å². The van der Waals surface area contributed by atoms with Gasteiger partial charge in [0.2, 0.25) is 0 Å². The van der Waals surface area contributed by atoms with Crippen LogP contribution < -0.4 is 16.6 Å².